The quantitative estimate of drug-likeness (QED) is 0.450. The van der Waals surface area contributed by atoms with Crippen LogP contribution in [0.3, 0.4) is 0 Å². The Kier molecular flexibility index (Phi) is 7.84. The predicted molar refractivity (Wildman–Crippen MR) is 95.5 cm³/mol. The molecule has 3 N–H and O–H groups in total. The lowest BCUT2D eigenvalue weighted by atomic mass is 10.0. The van der Waals surface area contributed by atoms with E-state index in [1.165, 1.54) is 0 Å². The predicted octanol–water partition coefficient (Wildman–Crippen LogP) is 4.02. The average Bonchev–Trinajstić information content (AvgIpc) is 2.43. The topological polar surface area (TPSA) is 87.7 Å². The molecule has 1 aromatic carbocycles. The van der Waals surface area contributed by atoms with Crippen LogP contribution in [0.2, 0.25) is 0 Å². The van der Waals surface area contributed by atoms with Gasteiger partial charge < -0.3 is 20.5 Å². The third-order valence-electron chi connectivity index (χ3n) is 2.86. The lowest BCUT2D eigenvalue weighted by Gasteiger charge is -2.19. The van der Waals surface area contributed by atoms with Gasteiger partial charge in [0.05, 0.1) is 15.6 Å². The highest BCUT2D eigenvalue weighted by Gasteiger charge is 2.23. The van der Waals surface area contributed by atoms with Gasteiger partial charge in [0.25, 0.3) is 0 Å². The van der Waals surface area contributed by atoms with Crippen LogP contribution in [-0.4, -0.2) is 29.8 Å². The third-order valence-corrected chi connectivity index (χ3v) is 4.07. The molecule has 1 unspecified atom stereocenters. The number of phenolic OH excluding ortho intramolecular Hbond substituents is 1. The molecule has 1 atom stereocenters. The number of anilines is 1. The smallest absolute Gasteiger partial charge is 0.328 e. The van der Waals surface area contributed by atoms with Gasteiger partial charge in [-0.1, -0.05) is 13.8 Å². The van der Waals surface area contributed by atoms with Crippen LogP contribution >= 0.6 is 31.9 Å². The minimum Gasteiger partial charge on any atom is -0.506 e. The number of hydrogen-bond acceptors (Lipinski definition) is 4. The van der Waals surface area contributed by atoms with Crippen LogP contribution in [0.5, 0.6) is 5.75 Å². The molecule has 0 fully saturated rings. The summed E-state index contributed by atoms with van der Waals surface area (Å²) in [7, 11) is 0. The Morgan fingerprint density at radius 1 is 1.26 bits per heavy atom. The van der Waals surface area contributed by atoms with Crippen molar-refractivity contribution in [3.63, 3.8) is 0 Å². The number of hydrogen-bond donors (Lipinski definition) is 3. The Labute approximate surface area is 152 Å². The molecule has 0 aromatic heterocycles. The molecular formula is C15H20Br2N2O4. The maximum Gasteiger partial charge on any atom is 0.328 e. The largest absolute Gasteiger partial charge is 0.506 e. The number of phenols is 1. The number of amides is 2. The van der Waals surface area contributed by atoms with Gasteiger partial charge in [-0.05, 0) is 63.3 Å². The number of nitrogens with one attached hydrogen (secondary N) is 2. The van der Waals surface area contributed by atoms with Crippen LogP contribution in [-0.2, 0) is 9.53 Å². The van der Waals surface area contributed by atoms with Crippen molar-refractivity contribution in [2.24, 2.45) is 5.92 Å². The molecule has 2 amide bonds. The van der Waals surface area contributed by atoms with E-state index in [4.69, 9.17) is 4.74 Å². The van der Waals surface area contributed by atoms with E-state index in [2.05, 4.69) is 42.5 Å². The van der Waals surface area contributed by atoms with E-state index in [9.17, 15) is 14.7 Å². The van der Waals surface area contributed by atoms with Gasteiger partial charge in [0.1, 0.15) is 11.8 Å². The van der Waals surface area contributed by atoms with Crippen molar-refractivity contribution in [3.8, 4) is 5.75 Å². The van der Waals surface area contributed by atoms with E-state index < -0.39 is 18.0 Å². The summed E-state index contributed by atoms with van der Waals surface area (Å²) in [6.45, 7) is 5.89. The molecular weight excluding hydrogens is 432 g/mol. The van der Waals surface area contributed by atoms with Crippen molar-refractivity contribution in [1.82, 2.24) is 5.32 Å². The molecule has 0 spiro atoms. The van der Waals surface area contributed by atoms with Gasteiger partial charge in [0.2, 0.25) is 0 Å². The van der Waals surface area contributed by atoms with Crippen LogP contribution < -0.4 is 10.6 Å². The number of benzene rings is 1. The number of halogens is 2. The molecule has 0 heterocycles. The molecule has 1 rings (SSSR count). The van der Waals surface area contributed by atoms with E-state index in [1.54, 1.807) is 19.1 Å². The Morgan fingerprint density at radius 2 is 1.83 bits per heavy atom. The van der Waals surface area contributed by atoms with Gasteiger partial charge in [-0.15, -0.1) is 0 Å². The van der Waals surface area contributed by atoms with E-state index in [0.717, 1.165) is 0 Å². The van der Waals surface area contributed by atoms with Crippen molar-refractivity contribution in [3.05, 3.63) is 21.1 Å². The number of urea groups is 1. The molecule has 0 aliphatic carbocycles. The molecule has 0 radical (unpaired) electrons. The second-order valence-corrected chi connectivity index (χ2v) is 7.03. The molecule has 0 bridgehead atoms. The summed E-state index contributed by atoms with van der Waals surface area (Å²) in [6.07, 6.45) is 0.481. The fourth-order valence-electron chi connectivity index (χ4n) is 1.89. The van der Waals surface area contributed by atoms with Crippen molar-refractivity contribution >= 4 is 49.5 Å². The molecule has 8 heteroatoms. The zero-order chi connectivity index (χ0) is 17.6. The van der Waals surface area contributed by atoms with Gasteiger partial charge in [0.15, 0.2) is 0 Å². The molecule has 23 heavy (non-hydrogen) atoms. The van der Waals surface area contributed by atoms with Crippen molar-refractivity contribution < 1.29 is 19.4 Å². The molecule has 128 valence electrons. The van der Waals surface area contributed by atoms with Crippen LogP contribution in [0.15, 0.2) is 21.1 Å². The Bertz CT molecular complexity index is 556. The van der Waals surface area contributed by atoms with E-state index in [0.29, 0.717) is 21.1 Å². The first-order valence-electron chi connectivity index (χ1n) is 7.16. The van der Waals surface area contributed by atoms with Gasteiger partial charge >= 0.3 is 12.0 Å². The minimum absolute atomic E-state index is 0.0418. The molecule has 6 nitrogen and oxygen atoms in total. The second kappa shape index (κ2) is 9.12. The molecule has 0 saturated heterocycles. The summed E-state index contributed by atoms with van der Waals surface area (Å²) in [5.41, 5.74) is 0.464. The van der Waals surface area contributed by atoms with Crippen molar-refractivity contribution in [2.75, 3.05) is 11.9 Å². The molecule has 1 aromatic rings. The fraction of sp³-hybridized carbons (Fsp3) is 0.467. The van der Waals surface area contributed by atoms with E-state index in [1.807, 2.05) is 13.8 Å². The third kappa shape index (κ3) is 6.39. The lowest BCUT2D eigenvalue weighted by Crippen LogP contribution is -2.44. The number of aromatic hydroxyl groups is 1. The first-order chi connectivity index (χ1) is 10.7. The second-order valence-electron chi connectivity index (χ2n) is 5.32. The minimum atomic E-state index is -0.709. The maximum atomic E-state index is 12.1. The van der Waals surface area contributed by atoms with Crippen LogP contribution in [0.4, 0.5) is 10.5 Å². The molecule has 0 aliphatic heterocycles. The number of carbonyl (C=O) groups is 2. The summed E-state index contributed by atoms with van der Waals surface area (Å²) in [5, 5.41) is 14.9. The van der Waals surface area contributed by atoms with E-state index in [-0.39, 0.29) is 18.3 Å². The van der Waals surface area contributed by atoms with Crippen molar-refractivity contribution in [2.45, 2.75) is 33.2 Å². The SMILES string of the molecule is CCOC(=O)C(CC(C)C)NC(=O)Nc1cc(Br)c(O)c(Br)c1. The molecule has 0 aliphatic rings. The molecule has 0 saturated carbocycles. The zero-order valence-electron chi connectivity index (χ0n) is 13.2. The number of rotatable bonds is 6. The highest BCUT2D eigenvalue weighted by Crippen LogP contribution is 2.35. The number of carbonyl (C=O) groups excluding carboxylic acids is 2. The van der Waals surface area contributed by atoms with Crippen LogP contribution in [0, 0.1) is 5.92 Å². The number of esters is 1. The summed E-state index contributed by atoms with van der Waals surface area (Å²) in [5.74, 6) is -0.189. The Morgan fingerprint density at radius 3 is 2.30 bits per heavy atom. The van der Waals surface area contributed by atoms with Crippen molar-refractivity contribution in [1.29, 1.82) is 0 Å². The zero-order valence-corrected chi connectivity index (χ0v) is 16.3. The maximum absolute atomic E-state index is 12.1. The average molecular weight is 452 g/mol. The summed E-state index contributed by atoms with van der Waals surface area (Å²) in [4.78, 5) is 24.0. The normalized spacial score (nSPS) is 11.9. The summed E-state index contributed by atoms with van der Waals surface area (Å²) >= 11 is 6.38. The van der Waals surface area contributed by atoms with Gasteiger partial charge in [-0.3, -0.25) is 0 Å². The first kappa shape index (κ1) is 19.8. The Balaban J connectivity index is 2.77. The van der Waals surface area contributed by atoms with Gasteiger partial charge in [-0.2, -0.15) is 0 Å². The van der Waals surface area contributed by atoms with Gasteiger partial charge in [-0.25, -0.2) is 9.59 Å². The Hall–Kier alpha value is -1.28. The fourth-order valence-corrected chi connectivity index (χ4v) is 3.08. The highest BCUT2D eigenvalue weighted by molar-refractivity contribution is 9.11. The summed E-state index contributed by atoms with van der Waals surface area (Å²) < 4.78 is 5.85. The lowest BCUT2D eigenvalue weighted by molar-refractivity contribution is -0.145. The van der Waals surface area contributed by atoms with Crippen LogP contribution in [0.25, 0.3) is 0 Å². The number of ether oxygens (including phenoxy) is 1. The van der Waals surface area contributed by atoms with E-state index >= 15 is 0 Å². The van der Waals surface area contributed by atoms with Gasteiger partial charge in [0, 0.05) is 5.69 Å². The summed E-state index contributed by atoms with van der Waals surface area (Å²) in [6, 6.07) is 1.88. The standard InChI is InChI=1S/C15H20Br2N2O4/c1-4-23-14(21)12(5-8(2)3)19-15(22)18-9-6-10(16)13(20)11(17)7-9/h6-8,12,20H,4-5H2,1-3H3,(H2,18,19,22). The van der Waals surface area contributed by atoms with Crippen LogP contribution in [0.1, 0.15) is 27.2 Å². The first-order valence-corrected chi connectivity index (χ1v) is 8.75. The monoisotopic (exact) mass is 450 g/mol. The highest BCUT2D eigenvalue weighted by atomic mass is 79.9.